The van der Waals surface area contributed by atoms with Crippen molar-refractivity contribution in [2.75, 3.05) is 0 Å². The molecule has 17 heavy (non-hydrogen) atoms. The molecule has 0 aromatic carbocycles. The molecule has 4 unspecified atom stereocenters. The molecular formula is C17H34. The van der Waals surface area contributed by atoms with Crippen molar-refractivity contribution in [3.8, 4) is 0 Å². The predicted molar refractivity (Wildman–Crippen MR) is 80.2 cm³/mol. The van der Waals surface area contributed by atoms with Gasteiger partial charge in [-0.3, -0.25) is 0 Å². The summed E-state index contributed by atoms with van der Waals surface area (Å²) in [7, 11) is 0. The summed E-state index contributed by atoms with van der Waals surface area (Å²) >= 11 is 0. The molecule has 0 amide bonds. The van der Waals surface area contributed by atoms with Gasteiger partial charge in [0.15, 0.2) is 0 Å². The SMILES string of the molecule is CCCC(C)C(C)CC(C)C=C(C)C(C)CC. The zero-order valence-electron chi connectivity index (χ0n) is 13.2. The minimum Gasteiger partial charge on any atom is -0.0825 e. The molecular weight excluding hydrogens is 204 g/mol. The summed E-state index contributed by atoms with van der Waals surface area (Å²) in [4.78, 5) is 0. The lowest BCUT2D eigenvalue weighted by Gasteiger charge is -2.22. The Morgan fingerprint density at radius 2 is 1.59 bits per heavy atom. The molecule has 0 rings (SSSR count). The van der Waals surface area contributed by atoms with E-state index in [4.69, 9.17) is 0 Å². The van der Waals surface area contributed by atoms with E-state index < -0.39 is 0 Å². The number of hydrogen-bond acceptors (Lipinski definition) is 0. The summed E-state index contributed by atoms with van der Waals surface area (Å²) in [5.41, 5.74) is 1.58. The molecule has 0 bridgehead atoms. The van der Waals surface area contributed by atoms with E-state index in [1.54, 1.807) is 5.57 Å². The second kappa shape index (κ2) is 8.78. The van der Waals surface area contributed by atoms with Gasteiger partial charge in [-0.25, -0.2) is 0 Å². The maximum Gasteiger partial charge on any atom is -0.0237 e. The molecule has 0 saturated carbocycles. The molecule has 0 radical (unpaired) electrons. The van der Waals surface area contributed by atoms with Gasteiger partial charge in [0.05, 0.1) is 0 Å². The Morgan fingerprint density at radius 1 is 1.00 bits per heavy atom. The smallest absolute Gasteiger partial charge is 0.0237 e. The lowest BCUT2D eigenvalue weighted by molar-refractivity contribution is 0.316. The van der Waals surface area contributed by atoms with Crippen LogP contribution in [0.15, 0.2) is 11.6 Å². The van der Waals surface area contributed by atoms with Crippen molar-refractivity contribution in [1.29, 1.82) is 0 Å². The largest absolute Gasteiger partial charge is 0.0825 e. The standard InChI is InChI=1S/C17H34/c1-8-10-15(5)17(7)12-13(3)11-16(6)14(4)9-2/h11,13-15,17H,8-10,12H2,1-7H3. The Balaban J connectivity index is 4.20. The Hall–Kier alpha value is -0.260. The second-order valence-electron chi connectivity index (χ2n) is 6.18. The van der Waals surface area contributed by atoms with Gasteiger partial charge >= 0.3 is 0 Å². The van der Waals surface area contributed by atoms with Crippen LogP contribution in [0.5, 0.6) is 0 Å². The third-order valence-corrected chi connectivity index (χ3v) is 4.40. The summed E-state index contributed by atoms with van der Waals surface area (Å²) in [6, 6.07) is 0. The Bertz CT molecular complexity index is 214. The average molecular weight is 238 g/mol. The fourth-order valence-corrected chi connectivity index (χ4v) is 2.56. The highest BCUT2D eigenvalue weighted by Gasteiger charge is 2.14. The third kappa shape index (κ3) is 6.91. The van der Waals surface area contributed by atoms with E-state index in [2.05, 4.69) is 54.5 Å². The molecule has 0 aromatic heterocycles. The minimum absolute atomic E-state index is 0.735. The summed E-state index contributed by atoms with van der Waals surface area (Å²) in [5.74, 6) is 3.21. The van der Waals surface area contributed by atoms with Gasteiger partial charge < -0.3 is 0 Å². The lowest BCUT2D eigenvalue weighted by atomic mass is 9.84. The first-order valence-electron chi connectivity index (χ1n) is 7.60. The van der Waals surface area contributed by atoms with Crippen molar-refractivity contribution >= 4 is 0 Å². The first kappa shape index (κ1) is 16.7. The van der Waals surface area contributed by atoms with Gasteiger partial charge in [-0.2, -0.15) is 0 Å². The molecule has 0 spiro atoms. The van der Waals surface area contributed by atoms with Crippen molar-refractivity contribution in [2.24, 2.45) is 23.7 Å². The van der Waals surface area contributed by atoms with Crippen molar-refractivity contribution in [3.63, 3.8) is 0 Å². The van der Waals surface area contributed by atoms with E-state index in [0.717, 1.165) is 23.7 Å². The summed E-state index contributed by atoms with van der Waals surface area (Å²) < 4.78 is 0. The van der Waals surface area contributed by atoms with E-state index in [9.17, 15) is 0 Å². The van der Waals surface area contributed by atoms with Crippen LogP contribution in [0, 0.1) is 23.7 Å². The van der Waals surface area contributed by atoms with E-state index in [1.807, 2.05) is 0 Å². The fourth-order valence-electron chi connectivity index (χ4n) is 2.56. The van der Waals surface area contributed by atoms with Crippen molar-refractivity contribution in [2.45, 2.75) is 74.1 Å². The highest BCUT2D eigenvalue weighted by Crippen LogP contribution is 2.26. The van der Waals surface area contributed by atoms with Crippen LogP contribution in [0.25, 0.3) is 0 Å². The van der Waals surface area contributed by atoms with Crippen LogP contribution < -0.4 is 0 Å². The fraction of sp³-hybridized carbons (Fsp3) is 0.882. The van der Waals surface area contributed by atoms with Crippen LogP contribution in [-0.2, 0) is 0 Å². The molecule has 0 N–H and O–H groups in total. The topological polar surface area (TPSA) is 0 Å². The van der Waals surface area contributed by atoms with E-state index in [0.29, 0.717) is 0 Å². The summed E-state index contributed by atoms with van der Waals surface area (Å²) in [5, 5.41) is 0. The number of rotatable bonds is 8. The second-order valence-corrected chi connectivity index (χ2v) is 6.18. The van der Waals surface area contributed by atoms with E-state index in [-0.39, 0.29) is 0 Å². The van der Waals surface area contributed by atoms with Gasteiger partial charge in [-0.15, -0.1) is 0 Å². The zero-order valence-corrected chi connectivity index (χ0v) is 13.2. The van der Waals surface area contributed by atoms with Crippen molar-refractivity contribution < 1.29 is 0 Å². The molecule has 4 atom stereocenters. The van der Waals surface area contributed by atoms with E-state index in [1.165, 1.54) is 25.7 Å². The first-order chi connectivity index (χ1) is 7.92. The van der Waals surface area contributed by atoms with Gasteiger partial charge in [0.2, 0.25) is 0 Å². The predicted octanol–water partition coefficient (Wildman–Crippen LogP) is 6.08. The zero-order chi connectivity index (χ0) is 13.4. The maximum atomic E-state index is 2.50. The Kier molecular flexibility index (Phi) is 8.64. The molecule has 0 nitrogen and oxygen atoms in total. The quantitative estimate of drug-likeness (QED) is 0.450. The normalized spacial score (nSPS) is 19.8. The first-order valence-corrected chi connectivity index (χ1v) is 7.60. The van der Waals surface area contributed by atoms with Crippen molar-refractivity contribution in [1.82, 2.24) is 0 Å². The molecule has 0 fully saturated rings. The van der Waals surface area contributed by atoms with Crippen LogP contribution >= 0.6 is 0 Å². The highest BCUT2D eigenvalue weighted by molar-refractivity contribution is 5.04. The number of hydrogen-bond donors (Lipinski definition) is 0. The molecule has 0 aliphatic rings. The Morgan fingerprint density at radius 3 is 2.06 bits per heavy atom. The monoisotopic (exact) mass is 238 g/mol. The molecule has 0 aliphatic heterocycles. The van der Waals surface area contributed by atoms with Crippen molar-refractivity contribution in [3.05, 3.63) is 11.6 Å². The van der Waals surface area contributed by atoms with Gasteiger partial charge in [-0.1, -0.05) is 66.0 Å². The van der Waals surface area contributed by atoms with Crippen LogP contribution in [0.2, 0.25) is 0 Å². The number of allylic oxidation sites excluding steroid dienone is 2. The third-order valence-electron chi connectivity index (χ3n) is 4.40. The lowest BCUT2D eigenvalue weighted by Crippen LogP contribution is -2.11. The molecule has 102 valence electrons. The molecule has 0 aliphatic carbocycles. The molecule has 0 aromatic rings. The van der Waals surface area contributed by atoms with Crippen LogP contribution in [0.3, 0.4) is 0 Å². The minimum atomic E-state index is 0.735. The van der Waals surface area contributed by atoms with Crippen LogP contribution in [0.4, 0.5) is 0 Å². The average Bonchev–Trinajstić information content (AvgIpc) is 2.27. The Labute approximate surface area is 110 Å². The van der Waals surface area contributed by atoms with Gasteiger partial charge in [-0.05, 0) is 43.4 Å². The summed E-state index contributed by atoms with van der Waals surface area (Å²) in [6.07, 6.45) is 7.80. The van der Waals surface area contributed by atoms with Gasteiger partial charge in [0.1, 0.15) is 0 Å². The summed E-state index contributed by atoms with van der Waals surface area (Å²) in [6.45, 7) is 16.4. The van der Waals surface area contributed by atoms with Crippen LogP contribution in [0.1, 0.15) is 74.1 Å². The molecule has 0 heterocycles. The maximum absolute atomic E-state index is 2.50. The highest BCUT2D eigenvalue weighted by atomic mass is 14.2. The van der Waals surface area contributed by atoms with Gasteiger partial charge in [0, 0.05) is 0 Å². The molecule has 0 heteroatoms. The van der Waals surface area contributed by atoms with Crippen LogP contribution in [-0.4, -0.2) is 0 Å². The van der Waals surface area contributed by atoms with Gasteiger partial charge in [0.25, 0.3) is 0 Å². The van der Waals surface area contributed by atoms with E-state index >= 15 is 0 Å². The molecule has 0 saturated heterocycles.